The normalized spacial score (nSPS) is 16.8. The lowest BCUT2D eigenvalue weighted by atomic mass is 10.1. The Kier molecular flexibility index (Phi) is 3.92. The van der Waals surface area contributed by atoms with Crippen molar-refractivity contribution >= 4 is 21.6 Å². The van der Waals surface area contributed by atoms with Crippen molar-refractivity contribution in [3.63, 3.8) is 0 Å². The molecule has 0 amide bonds. The third-order valence-corrected chi connectivity index (χ3v) is 4.05. The van der Waals surface area contributed by atoms with Crippen molar-refractivity contribution < 1.29 is 4.74 Å². The van der Waals surface area contributed by atoms with E-state index in [0.717, 1.165) is 23.0 Å². The summed E-state index contributed by atoms with van der Waals surface area (Å²) >= 11 is 3.53. The van der Waals surface area contributed by atoms with Crippen molar-refractivity contribution in [1.29, 1.82) is 0 Å². The lowest BCUT2D eigenvalue weighted by molar-refractivity contribution is 0.327. The number of rotatable bonds is 4. The standard InChI is InChI=1S/C16H17BrN2O/c1-2-20-16-8-5-13(10-18-16)19-15-7-3-11-9-12(17)4-6-14(11)15/h4-6,8-10,15,19H,2-3,7H2,1H3. The van der Waals surface area contributed by atoms with Crippen molar-refractivity contribution in [2.45, 2.75) is 25.8 Å². The van der Waals surface area contributed by atoms with Crippen molar-refractivity contribution in [2.24, 2.45) is 0 Å². The van der Waals surface area contributed by atoms with E-state index in [1.165, 1.54) is 11.1 Å². The Morgan fingerprint density at radius 3 is 3.00 bits per heavy atom. The maximum atomic E-state index is 5.36. The first-order valence-corrected chi connectivity index (χ1v) is 7.69. The van der Waals surface area contributed by atoms with Crippen LogP contribution in [0.5, 0.6) is 5.88 Å². The summed E-state index contributed by atoms with van der Waals surface area (Å²) in [6.45, 7) is 2.60. The van der Waals surface area contributed by atoms with E-state index in [-0.39, 0.29) is 0 Å². The Morgan fingerprint density at radius 2 is 2.25 bits per heavy atom. The average Bonchev–Trinajstić information content (AvgIpc) is 2.83. The van der Waals surface area contributed by atoms with Crippen molar-refractivity contribution in [3.8, 4) is 5.88 Å². The predicted octanol–water partition coefficient (Wildman–Crippen LogP) is 4.34. The number of benzene rings is 1. The van der Waals surface area contributed by atoms with Crippen LogP contribution < -0.4 is 10.1 Å². The highest BCUT2D eigenvalue weighted by Crippen LogP contribution is 2.35. The van der Waals surface area contributed by atoms with Gasteiger partial charge in [-0.2, -0.15) is 0 Å². The molecular formula is C16H17BrN2O. The van der Waals surface area contributed by atoms with E-state index < -0.39 is 0 Å². The molecule has 1 N–H and O–H groups in total. The first-order chi connectivity index (χ1) is 9.76. The van der Waals surface area contributed by atoms with Gasteiger partial charge in [-0.1, -0.05) is 22.0 Å². The van der Waals surface area contributed by atoms with Gasteiger partial charge in [-0.15, -0.1) is 0 Å². The van der Waals surface area contributed by atoms with Crippen molar-refractivity contribution in [3.05, 3.63) is 52.1 Å². The van der Waals surface area contributed by atoms with E-state index in [1.54, 1.807) is 0 Å². The van der Waals surface area contributed by atoms with Gasteiger partial charge in [-0.25, -0.2) is 4.98 Å². The minimum absolute atomic E-state index is 0.373. The molecule has 1 aromatic carbocycles. The van der Waals surface area contributed by atoms with Crippen LogP contribution in [0.2, 0.25) is 0 Å². The largest absolute Gasteiger partial charge is 0.478 e. The molecular weight excluding hydrogens is 316 g/mol. The SMILES string of the molecule is CCOc1ccc(NC2CCc3cc(Br)ccc32)cn1. The summed E-state index contributed by atoms with van der Waals surface area (Å²) < 4.78 is 6.51. The summed E-state index contributed by atoms with van der Waals surface area (Å²) in [5.74, 6) is 0.675. The number of ether oxygens (including phenoxy) is 1. The van der Waals surface area contributed by atoms with Crippen molar-refractivity contribution in [1.82, 2.24) is 4.98 Å². The molecule has 0 saturated carbocycles. The van der Waals surface area contributed by atoms with Gasteiger partial charge in [-0.05, 0) is 49.1 Å². The summed E-state index contributed by atoms with van der Waals surface area (Å²) in [5, 5.41) is 3.55. The summed E-state index contributed by atoms with van der Waals surface area (Å²) in [6.07, 6.45) is 4.08. The Morgan fingerprint density at radius 1 is 1.35 bits per heavy atom. The summed E-state index contributed by atoms with van der Waals surface area (Å²) in [5.41, 5.74) is 3.85. The molecule has 0 spiro atoms. The topological polar surface area (TPSA) is 34.1 Å². The molecule has 4 heteroatoms. The lowest BCUT2D eigenvalue weighted by Crippen LogP contribution is -2.07. The smallest absolute Gasteiger partial charge is 0.213 e. The number of halogens is 1. The zero-order valence-electron chi connectivity index (χ0n) is 11.4. The van der Waals surface area contributed by atoms with E-state index in [2.05, 4.69) is 44.4 Å². The molecule has 2 aromatic rings. The minimum Gasteiger partial charge on any atom is -0.478 e. The molecule has 0 saturated heterocycles. The molecule has 0 bridgehead atoms. The summed E-state index contributed by atoms with van der Waals surface area (Å²) in [6, 6.07) is 10.8. The highest BCUT2D eigenvalue weighted by molar-refractivity contribution is 9.10. The average molecular weight is 333 g/mol. The number of fused-ring (bicyclic) bond motifs is 1. The molecule has 104 valence electrons. The summed E-state index contributed by atoms with van der Waals surface area (Å²) in [4.78, 5) is 4.29. The molecule has 0 fully saturated rings. The van der Waals surface area contributed by atoms with Gasteiger partial charge in [-0.3, -0.25) is 0 Å². The van der Waals surface area contributed by atoms with Crippen LogP contribution in [-0.2, 0) is 6.42 Å². The molecule has 3 nitrogen and oxygen atoms in total. The van der Waals surface area contributed by atoms with Crippen LogP contribution in [0.4, 0.5) is 5.69 Å². The van der Waals surface area contributed by atoms with Crippen LogP contribution in [0.25, 0.3) is 0 Å². The van der Waals surface area contributed by atoms with E-state index >= 15 is 0 Å². The summed E-state index contributed by atoms with van der Waals surface area (Å²) in [7, 11) is 0. The number of nitrogens with one attached hydrogen (secondary N) is 1. The Balaban J connectivity index is 1.73. The van der Waals surface area contributed by atoms with Crippen LogP contribution in [0.3, 0.4) is 0 Å². The van der Waals surface area contributed by atoms with E-state index in [9.17, 15) is 0 Å². The Labute approximate surface area is 127 Å². The highest BCUT2D eigenvalue weighted by Gasteiger charge is 2.22. The number of aromatic nitrogens is 1. The third-order valence-electron chi connectivity index (χ3n) is 3.55. The van der Waals surface area contributed by atoms with Gasteiger partial charge in [0.15, 0.2) is 0 Å². The van der Waals surface area contributed by atoms with Crippen LogP contribution >= 0.6 is 15.9 Å². The maximum Gasteiger partial charge on any atom is 0.213 e. The van der Waals surface area contributed by atoms with Gasteiger partial charge in [0.25, 0.3) is 0 Å². The first-order valence-electron chi connectivity index (χ1n) is 6.90. The zero-order chi connectivity index (χ0) is 13.9. The second kappa shape index (κ2) is 5.83. The second-order valence-electron chi connectivity index (χ2n) is 4.90. The first kappa shape index (κ1) is 13.4. The number of pyridine rings is 1. The van der Waals surface area contributed by atoms with Gasteiger partial charge >= 0.3 is 0 Å². The van der Waals surface area contributed by atoms with Crippen molar-refractivity contribution in [2.75, 3.05) is 11.9 Å². The van der Waals surface area contributed by atoms with Gasteiger partial charge in [0.05, 0.1) is 24.5 Å². The molecule has 1 heterocycles. The van der Waals surface area contributed by atoms with Gasteiger partial charge < -0.3 is 10.1 Å². The van der Waals surface area contributed by atoms with Crippen LogP contribution in [0.1, 0.15) is 30.5 Å². The third kappa shape index (κ3) is 2.80. The number of hydrogen-bond donors (Lipinski definition) is 1. The molecule has 0 radical (unpaired) electrons. The zero-order valence-corrected chi connectivity index (χ0v) is 13.0. The van der Waals surface area contributed by atoms with E-state index in [1.807, 2.05) is 25.3 Å². The maximum absolute atomic E-state index is 5.36. The van der Waals surface area contributed by atoms with Crippen LogP contribution in [-0.4, -0.2) is 11.6 Å². The Bertz CT molecular complexity index is 598. The highest BCUT2D eigenvalue weighted by atomic mass is 79.9. The molecule has 1 unspecified atom stereocenters. The van der Waals surface area contributed by atoms with E-state index in [0.29, 0.717) is 18.5 Å². The second-order valence-corrected chi connectivity index (χ2v) is 5.81. The number of hydrogen-bond acceptors (Lipinski definition) is 3. The molecule has 1 aromatic heterocycles. The number of anilines is 1. The van der Waals surface area contributed by atoms with E-state index in [4.69, 9.17) is 4.74 Å². The fourth-order valence-corrected chi connectivity index (χ4v) is 3.04. The molecule has 3 rings (SSSR count). The van der Waals surface area contributed by atoms with Gasteiger partial charge in [0, 0.05) is 10.5 Å². The minimum atomic E-state index is 0.373. The molecule has 1 aliphatic rings. The number of nitrogens with zero attached hydrogens (tertiary/aromatic N) is 1. The quantitative estimate of drug-likeness (QED) is 0.904. The van der Waals surface area contributed by atoms with Gasteiger partial charge in [0.2, 0.25) is 5.88 Å². The number of aryl methyl sites for hydroxylation is 1. The molecule has 1 atom stereocenters. The van der Waals surface area contributed by atoms with Crippen LogP contribution in [0.15, 0.2) is 41.0 Å². The fourth-order valence-electron chi connectivity index (χ4n) is 2.64. The molecule has 20 heavy (non-hydrogen) atoms. The van der Waals surface area contributed by atoms with Crippen LogP contribution in [0, 0.1) is 0 Å². The Hall–Kier alpha value is -1.55. The monoisotopic (exact) mass is 332 g/mol. The molecule has 0 aliphatic heterocycles. The van der Waals surface area contributed by atoms with Gasteiger partial charge in [0.1, 0.15) is 0 Å². The lowest BCUT2D eigenvalue weighted by Gasteiger charge is -2.15. The fraction of sp³-hybridized carbons (Fsp3) is 0.312. The predicted molar refractivity (Wildman–Crippen MR) is 84.2 cm³/mol. The molecule has 1 aliphatic carbocycles.